The molecule has 0 aromatic carbocycles. The maximum atomic E-state index is 12.8. The van der Waals surface area contributed by atoms with E-state index in [1.165, 1.54) is 16.9 Å². The zero-order valence-electron chi connectivity index (χ0n) is 5.33. The van der Waals surface area contributed by atoms with Crippen LogP contribution in [0.25, 0.3) is 5.52 Å². The molecule has 0 bridgehead atoms. The van der Waals surface area contributed by atoms with Gasteiger partial charge in [-0.15, -0.1) is 0 Å². The standard InChI is InChI=1S/C6H3ClFN3/c7-6-5-4(8)3-10-11(5)2-1-9-6/h1-3H. The third-order valence-electron chi connectivity index (χ3n) is 1.34. The van der Waals surface area contributed by atoms with Gasteiger partial charge in [-0.05, 0) is 0 Å². The highest BCUT2D eigenvalue weighted by Gasteiger charge is 2.06. The largest absolute Gasteiger partial charge is 0.241 e. The monoisotopic (exact) mass is 171 g/mol. The topological polar surface area (TPSA) is 30.2 Å². The second-order valence-electron chi connectivity index (χ2n) is 2.00. The second-order valence-corrected chi connectivity index (χ2v) is 2.36. The van der Waals surface area contributed by atoms with Crippen LogP contribution in [0.5, 0.6) is 0 Å². The van der Waals surface area contributed by atoms with Crippen molar-refractivity contribution in [3.63, 3.8) is 0 Å². The molecule has 0 spiro atoms. The smallest absolute Gasteiger partial charge is 0.172 e. The van der Waals surface area contributed by atoms with Gasteiger partial charge < -0.3 is 0 Å². The molecule has 0 aliphatic rings. The number of hydrogen-bond donors (Lipinski definition) is 0. The molecule has 5 heteroatoms. The summed E-state index contributed by atoms with van der Waals surface area (Å²) in [6, 6.07) is 0. The minimum Gasteiger partial charge on any atom is -0.241 e. The molecule has 0 aliphatic heterocycles. The maximum absolute atomic E-state index is 12.8. The maximum Gasteiger partial charge on any atom is 0.172 e. The van der Waals surface area contributed by atoms with Crippen molar-refractivity contribution in [2.24, 2.45) is 0 Å². The molecule has 11 heavy (non-hydrogen) atoms. The first-order valence-corrected chi connectivity index (χ1v) is 3.30. The van der Waals surface area contributed by atoms with Crippen molar-refractivity contribution < 1.29 is 4.39 Å². The van der Waals surface area contributed by atoms with Crippen LogP contribution in [0.15, 0.2) is 18.6 Å². The molecule has 2 rings (SSSR count). The van der Waals surface area contributed by atoms with Gasteiger partial charge in [-0.25, -0.2) is 13.9 Å². The van der Waals surface area contributed by atoms with Crippen LogP contribution in [0.3, 0.4) is 0 Å². The minimum absolute atomic E-state index is 0.127. The first-order chi connectivity index (χ1) is 5.29. The molecule has 0 amide bonds. The highest BCUT2D eigenvalue weighted by Crippen LogP contribution is 2.15. The van der Waals surface area contributed by atoms with Gasteiger partial charge >= 0.3 is 0 Å². The summed E-state index contributed by atoms with van der Waals surface area (Å²) in [5, 5.41) is 3.82. The van der Waals surface area contributed by atoms with Crippen LogP contribution >= 0.6 is 11.6 Å². The highest BCUT2D eigenvalue weighted by atomic mass is 35.5. The number of hydrogen-bond acceptors (Lipinski definition) is 2. The summed E-state index contributed by atoms with van der Waals surface area (Å²) in [4.78, 5) is 3.70. The SMILES string of the molecule is Fc1cnn2ccnc(Cl)c12. The number of rotatable bonds is 0. The van der Waals surface area contributed by atoms with E-state index in [2.05, 4.69) is 10.1 Å². The van der Waals surface area contributed by atoms with Crippen LogP contribution in [0, 0.1) is 5.82 Å². The van der Waals surface area contributed by atoms with E-state index >= 15 is 0 Å². The third kappa shape index (κ3) is 0.867. The van der Waals surface area contributed by atoms with Crippen LogP contribution in [0.1, 0.15) is 0 Å². The summed E-state index contributed by atoms with van der Waals surface area (Å²) in [6.07, 6.45) is 4.09. The van der Waals surface area contributed by atoms with Crippen LogP contribution in [0.4, 0.5) is 4.39 Å². The number of nitrogens with zero attached hydrogens (tertiary/aromatic N) is 3. The van der Waals surface area contributed by atoms with Crippen molar-refractivity contribution in [3.8, 4) is 0 Å². The zero-order valence-corrected chi connectivity index (χ0v) is 6.09. The number of aromatic nitrogens is 3. The van der Waals surface area contributed by atoms with E-state index < -0.39 is 5.82 Å². The van der Waals surface area contributed by atoms with Crippen molar-refractivity contribution in [1.29, 1.82) is 0 Å². The summed E-state index contributed by atoms with van der Waals surface area (Å²) in [7, 11) is 0. The molecular formula is C6H3ClFN3. The first-order valence-electron chi connectivity index (χ1n) is 2.92. The number of fused-ring (bicyclic) bond motifs is 1. The van der Waals surface area contributed by atoms with Crippen LogP contribution in [0.2, 0.25) is 5.15 Å². The molecule has 0 radical (unpaired) electrons. The molecule has 56 valence electrons. The fourth-order valence-electron chi connectivity index (χ4n) is 0.870. The van der Waals surface area contributed by atoms with E-state index in [1.54, 1.807) is 0 Å². The normalized spacial score (nSPS) is 10.7. The average Bonchev–Trinajstić information content (AvgIpc) is 2.34. The Kier molecular flexibility index (Phi) is 1.29. The van der Waals surface area contributed by atoms with Gasteiger partial charge in [0.2, 0.25) is 0 Å². The summed E-state index contributed by atoms with van der Waals surface area (Å²) >= 11 is 5.59. The Hall–Kier alpha value is -1.16. The van der Waals surface area contributed by atoms with E-state index in [0.29, 0.717) is 0 Å². The van der Waals surface area contributed by atoms with Crippen molar-refractivity contribution in [3.05, 3.63) is 29.6 Å². The summed E-state index contributed by atoms with van der Waals surface area (Å²) in [5.74, 6) is -0.455. The van der Waals surface area contributed by atoms with E-state index in [4.69, 9.17) is 11.6 Å². The van der Waals surface area contributed by atoms with Crippen molar-refractivity contribution >= 4 is 17.1 Å². The van der Waals surface area contributed by atoms with Crippen molar-refractivity contribution in [1.82, 2.24) is 14.6 Å². The third-order valence-corrected chi connectivity index (χ3v) is 1.62. The van der Waals surface area contributed by atoms with Crippen LogP contribution < -0.4 is 0 Å². The highest BCUT2D eigenvalue weighted by molar-refractivity contribution is 6.32. The van der Waals surface area contributed by atoms with E-state index in [-0.39, 0.29) is 10.7 Å². The molecule has 0 saturated heterocycles. The molecule has 0 atom stereocenters. The quantitative estimate of drug-likeness (QED) is 0.602. The summed E-state index contributed by atoms with van der Waals surface area (Å²) in [5.41, 5.74) is 0.217. The molecule has 0 N–H and O–H groups in total. The Bertz CT molecular complexity index is 398. The lowest BCUT2D eigenvalue weighted by Crippen LogP contribution is -1.88. The molecule has 0 saturated carbocycles. The van der Waals surface area contributed by atoms with Gasteiger partial charge in [-0.3, -0.25) is 0 Å². The van der Waals surface area contributed by atoms with Gasteiger partial charge in [-0.1, -0.05) is 11.6 Å². The van der Waals surface area contributed by atoms with Gasteiger partial charge in [-0.2, -0.15) is 5.10 Å². The molecule has 2 heterocycles. The van der Waals surface area contributed by atoms with Crippen molar-refractivity contribution in [2.45, 2.75) is 0 Å². The fourth-order valence-corrected chi connectivity index (χ4v) is 1.10. The second kappa shape index (κ2) is 2.17. The molecule has 2 aromatic rings. The summed E-state index contributed by atoms with van der Waals surface area (Å²) in [6.45, 7) is 0. The first kappa shape index (κ1) is 6.54. The Balaban J connectivity index is 2.96. The van der Waals surface area contributed by atoms with E-state index in [9.17, 15) is 4.39 Å². The van der Waals surface area contributed by atoms with E-state index in [1.807, 2.05) is 0 Å². The van der Waals surface area contributed by atoms with E-state index in [0.717, 1.165) is 6.20 Å². The Morgan fingerprint density at radius 1 is 1.55 bits per heavy atom. The minimum atomic E-state index is -0.455. The molecule has 0 fully saturated rings. The molecule has 0 unspecified atom stereocenters. The van der Waals surface area contributed by atoms with Gasteiger partial charge in [0.15, 0.2) is 11.0 Å². The number of halogens is 2. The van der Waals surface area contributed by atoms with Gasteiger partial charge in [0.1, 0.15) is 5.52 Å². The predicted octanol–water partition coefficient (Wildman–Crippen LogP) is 1.52. The lowest BCUT2D eigenvalue weighted by molar-refractivity contribution is 0.638. The lowest BCUT2D eigenvalue weighted by Gasteiger charge is -1.92. The Labute approximate surface area is 66.4 Å². The average molecular weight is 172 g/mol. The van der Waals surface area contributed by atoms with Gasteiger partial charge in [0, 0.05) is 12.4 Å². The molecular weight excluding hydrogens is 169 g/mol. The predicted molar refractivity (Wildman–Crippen MR) is 38.0 cm³/mol. The summed E-state index contributed by atoms with van der Waals surface area (Å²) < 4.78 is 14.1. The van der Waals surface area contributed by atoms with Gasteiger partial charge in [0.05, 0.1) is 6.20 Å². The Morgan fingerprint density at radius 3 is 3.09 bits per heavy atom. The molecule has 2 aromatic heterocycles. The fraction of sp³-hybridized carbons (Fsp3) is 0. The zero-order chi connectivity index (χ0) is 7.84. The molecule has 3 nitrogen and oxygen atoms in total. The van der Waals surface area contributed by atoms with Crippen LogP contribution in [-0.4, -0.2) is 14.6 Å². The Morgan fingerprint density at radius 2 is 2.36 bits per heavy atom. The van der Waals surface area contributed by atoms with Crippen LogP contribution in [-0.2, 0) is 0 Å². The van der Waals surface area contributed by atoms with Crippen molar-refractivity contribution in [2.75, 3.05) is 0 Å². The lowest BCUT2D eigenvalue weighted by atomic mass is 10.5. The molecule has 0 aliphatic carbocycles. The van der Waals surface area contributed by atoms with Gasteiger partial charge in [0.25, 0.3) is 0 Å².